The zero-order chi connectivity index (χ0) is 62.2. The van der Waals surface area contributed by atoms with Crippen LogP contribution in [0, 0.1) is 30.1 Å². The Morgan fingerprint density at radius 1 is 0.713 bits per heavy atom. The van der Waals surface area contributed by atoms with Crippen LogP contribution in [0.4, 0.5) is 0 Å². The number of fused-ring (bicyclic) bond motifs is 3. The van der Waals surface area contributed by atoms with Crippen molar-refractivity contribution in [3.05, 3.63) is 249 Å². The van der Waals surface area contributed by atoms with E-state index in [1.165, 1.54) is 99.7 Å². The summed E-state index contributed by atoms with van der Waals surface area (Å²) in [6.45, 7) is 39.4. The van der Waals surface area contributed by atoms with E-state index in [9.17, 15) is 5.41 Å². The molecule has 4 aromatic carbocycles. The van der Waals surface area contributed by atoms with Gasteiger partial charge in [0.2, 0.25) is 0 Å². The quantitative estimate of drug-likeness (QED) is 0.0617. The highest BCUT2D eigenvalue weighted by atomic mass is 15.0. The molecule has 1 N–H and O–H groups in total. The van der Waals surface area contributed by atoms with Gasteiger partial charge in [-0.25, -0.2) is 9.98 Å². The second-order valence-electron chi connectivity index (χ2n) is 29.6. The van der Waals surface area contributed by atoms with Crippen LogP contribution in [0.5, 0.6) is 0 Å². The fourth-order valence-electron chi connectivity index (χ4n) is 14.1. The summed E-state index contributed by atoms with van der Waals surface area (Å²) in [7, 11) is 2.32. The number of rotatable bonds is 15. The molecule has 4 unspecified atom stereocenters. The zero-order valence-corrected chi connectivity index (χ0v) is 55.2. The molecule has 0 fully saturated rings. The third kappa shape index (κ3) is 13.8. The third-order valence-corrected chi connectivity index (χ3v) is 19.2. The van der Waals surface area contributed by atoms with E-state index in [0.29, 0.717) is 18.2 Å². The Kier molecular flexibility index (Phi) is 18.2. The number of amidine groups is 2. The van der Waals surface area contributed by atoms with Crippen LogP contribution in [0.2, 0.25) is 0 Å². The summed E-state index contributed by atoms with van der Waals surface area (Å²) >= 11 is 0. The van der Waals surface area contributed by atoms with Gasteiger partial charge in [0, 0.05) is 53.8 Å². The average molecular weight is 1150 g/mol. The lowest BCUT2D eigenvalue weighted by molar-refractivity contribution is 0.504. The molecule has 5 aliphatic rings. The summed E-state index contributed by atoms with van der Waals surface area (Å²) < 4.78 is 2.55. The number of allylic oxidation sites excluding steroid dienone is 21. The van der Waals surface area contributed by atoms with Crippen molar-refractivity contribution in [3.63, 3.8) is 0 Å². The summed E-state index contributed by atoms with van der Waals surface area (Å²) in [5, 5.41) is 12.3. The molecule has 1 heterocycles. The van der Waals surface area contributed by atoms with Gasteiger partial charge in [-0.3, -0.25) is 5.41 Å². The zero-order valence-electron chi connectivity index (χ0n) is 55.2. The fraction of sp³-hybridized carbons (Fsp3) is 0.386. The molecular formula is C83H98N4. The van der Waals surface area contributed by atoms with Crippen LogP contribution in [-0.4, -0.2) is 22.5 Å². The van der Waals surface area contributed by atoms with Crippen molar-refractivity contribution in [2.75, 3.05) is 0 Å². The lowest BCUT2D eigenvalue weighted by Crippen LogP contribution is -2.22. The Balaban J connectivity index is 1.01. The van der Waals surface area contributed by atoms with E-state index >= 15 is 0 Å². The maximum absolute atomic E-state index is 9.57. The van der Waals surface area contributed by atoms with Gasteiger partial charge in [0.05, 0.1) is 11.0 Å². The van der Waals surface area contributed by atoms with E-state index in [1.54, 1.807) is 0 Å². The molecule has 450 valence electrons. The molecule has 4 nitrogen and oxygen atoms in total. The highest BCUT2D eigenvalue weighted by Gasteiger charge is 2.34. The number of nitrogens with one attached hydrogen (secondary N) is 1. The summed E-state index contributed by atoms with van der Waals surface area (Å²) in [6, 6.07) is 23.4. The lowest BCUT2D eigenvalue weighted by atomic mass is 9.72. The van der Waals surface area contributed by atoms with Crippen LogP contribution < -0.4 is 0 Å². The number of hydrogen-bond donors (Lipinski definition) is 1. The first-order valence-electron chi connectivity index (χ1n) is 32.5. The Morgan fingerprint density at radius 3 is 1.99 bits per heavy atom. The smallest absolute Gasteiger partial charge is 0.157 e. The Hall–Kier alpha value is -7.43. The molecule has 0 radical (unpaired) electrons. The maximum atomic E-state index is 9.57. The predicted molar refractivity (Wildman–Crippen MR) is 379 cm³/mol. The standard InChI is InChI=1S/C83H98N4/c1-17-27-58(18-2)65-46-66(60-32-23-20-24-33-60)48-67(47-65)79(86-78(84)62-38-36-61(37-39-62)59-30-21-19-22-31-59)85-41-40-56-44-70(63-34-25-28-54(3)42-63)55(4)71(45-56)64-35-26-29-57(43-64)53-83(14,15)75-52-69(81(8,9)10)50-73-72-49-68(80(5,6)7)51-74(82(11,12)13)76(72)87(16)77(73)75/h17-21,23,25-26,28-30,32,34-39,41,44-47,49-52,54,58,64,66,84H,1-2,22,24,27,31,33,40,42-43,48,53H2,3-16H3/b84-78?,85-41+,86-79-. The molecule has 1 aromatic heterocycles. The number of benzene rings is 4. The Morgan fingerprint density at radius 2 is 1.37 bits per heavy atom. The molecule has 0 bridgehead atoms. The van der Waals surface area contributed by atoms with Gasteiger partial charge in [-0.2, -0.15) is 0 Å². The van der Waals surface area contributed by atoms with Crippen LogP contribution >= 0.6 is 0 Å². The maximum Gasteiger partial charge on any atom is 0.157 e. The van der Waals surface area contributed by atoms with E-state index in [0.717, 1.165) is 68.9 Å². The van der Waals surface area contributed by atoms with Crippen LogP contribution in [0.15, 0.2) is 203 Å². The average Bonchev–Trinajstić information content (AvgIpc) is 1.59. The predicted octanol–water partition coefficient (Wildman–Crippen LogP) is 22.1. The van der Waals surface area contributed by atoms with E-state index in [-0.39, 0.29) is 45.2 Å². The summed E-state index contributed by atoms with van der Waals surface area (Å²) in [5.74, 6) is 1.77. The lowest BCUT2D eigenvalue weighted by Gasteiger charge is -2.32. The van der Waals surface area contributed by atoms with Crippen molar-refractivity contribution in [3.8, 4) is 0 Å². The normalized spacial score (nSPS) is 19.9. The van der Waals surface area contributed by atoms with Crippen LogP contribution in [0.25, 0.3) is 33.0 Å². The van der Waals surface area contributed by atoms with Gasteiger partial charge in [0.15, 0.2) is 11.7 Å². The van der Waals surface area contributed by atoms with E-state index in [1.807, 2.05) is 24.3 Å². The Bertz CT molecular complexity index is 3910. The summed E-state index contributed by atoms with van der Waals surface area (Å²) in [4.78, 5) is 10.6. The van der Waals surface area contributed by atoms with Crippen molar-refractivity contribution in [1.82, 2.24) is 4.57 Å². The van der Waals surface area contributed by atoms with E-state index < -0.39 is 0 Å². The molecule has 10 rings (SSSR count). The topological polar surface area (TPSA) is 53.5 Å². The minimum Gasteiger partial charge on any atom is -0.343 e. The number of aliphatic imine (C=N–C) groups is 2. The van der Waals surface area contributed by atoms with Gasteiger partial charge in [0.1, 0.15) is 0 Å². The second-order valence-corrected chi connectivity index (χ2v) is 29.6. The minimum absolute atomic E-state index is 0.0154. The van der Waals surface area contributed by atoms with Gasteiger partial charge in [-0.1, -0.05) is 240 Å². The monoisotopic (exact) mass is 1150 g/mol. The largest absolute Gasteiger partial charge is 0.343 e. The first-order chi connectivity index (χ1) is 41.3. The molecule has 0 amide bonds. The SMILES string of the molecule is C=CCC(C=C)C1=CC(C2=CC=CCC2)CC(C(=N/C(=N)c2ccc(C3=CC=CCC3)cc2)/N=C/Cc2cc(C3=CC=CC(C)C3)c(C)c(C3C=CC=C(CC(C)(C)c4cc(C(C)(C)C)cc5c6cc(C(C)(C)C)cc(C(C)(C)C)c6n(C)c45)C3)c2)=C1. The van der Waals surface area contributed by atoms with Crippen LogP contribution in [-0.2, 0) is 35.1 Å². The van der Waals surface area contributed by atoms with Gasteiger partial charge in [-0.05, 0) is 177 Å². The van der Waals surface area contributed by atoms with Gasteiger partial charge in [0.25, 0.3) is 0 Å². The molecule has 5 aromatic rings. The number of aromatic nitrogens is 1. The van der Waals surface area contributed by atoms with Crippen molar-refractivity contribution in [2.45, 2.75) is 182 Å². The van der Waals surface area contributed by atoms with Crippen LogP contribution in [0.1, 0.15) is 202 Å². The van der Waals surface area contributed by atoms with Crippen molar-refractivity contribution >= 4 is 50.8 Å². The van der Waals surface area contributed by atoms with Crippen molar-refractivity contribution < 1.29 is 0 Å². The molecule has 0 saturated heterocycles. The first kappa shape index (κ1) is 62.6. The summed E-state index contributed by atoms with van der Waals surface area (Å²) in [6.07, 6.45) is 47.5. The number of nitrogens with zero attached hydrogens (tertiary/aromatic N) is 3. The molecular weight excluding hydrogens is 1050 g/mol. The molecule has 0 saturated carbocycles. The molecule has 87 heavy (non-hydrogen) atoms. The van der Waals surface area contributed by atoms with Gasteiger partial charge < -0.3 is 4.57 Å². The Labute approximate surface area is 523 Å². The minimum atomic E-state index is -0.178. The summed E-state index contributed by atoms with van der Waals surface area (Å²) in [5.41, 5.74) is 23.2. The first-order valence-corrected chi connectivity index (χ1v) is 32.5. The highest BCUT2D eigenvalue weighted by molar-refractivity contribution is 6.13. The molecule has 4 atom stereocenters. The highest BCUT2D eigenvalue weighted by Crippen LogP contribution is 2.48. The molecule has 0 aliphatic heterocycles. The number of hydrogen-bond acceptors (Lipinski definition) is 1. The molecule has 4 heteroatoms. The van der Waals surface area contributed by atoms with E-state index in [2.05, 4.69) is 255 Å². The molecule has 5 aliphatic carbocycles. The fourth-order valence-corrected chi connectivity index (χ4v) is 14.1. The molecule has 0 spiro atoms. The van der Waals surface area contributed by atoms with Gasteiger partial charge in [-0.15, -0.1) is 13.2 Å². The van der Waals surface area contributed by atoms with Crippen LogP contribution in [0.3, 0.4) is 0 Å². The van der Waals surface area contributed by atoms with E-state index in [4.69, 9.17) is 9.98 Å². The third-order valence-electron chi connectivity index (χ3n) is 19.2. The number of aryl methyl sites for hydroxylation is 1. The second kappa shape index (κ2) is 25.3. The van der Waals surface area contributed by atoms with Crippen molar-refractivity contribution in [2.24, 2.45) is 34.8 Å². The van der Waals surface area contributed by atoms with Gasteiger partial charge >= 0.3 is 0 Å². The van der Waals surface area contributed by atoms with Crippen molar-refractivity contribution in [1.29, 1.82) is 5.41 Å².